The Hall–Kier alpha value is -2.33. The van der Waals surface area contributed by atoms with Crippen LogP contribution in [0.2, 0.25) is 0 Å². The molecule has 0 atom stereocenters. The number of hydrogen-bond donors (Lipinski definition) is 2. The topological polar surface area (TPSA) is 62.5 Å². The number of rotatable bonds is 0. The number of hydrogen-bond acceptors (Lipinski definition) is 3. The highest BCUT2D eigenvalue weighted by Crippen LogP contribution is 2.27. The molecule has 0 unspecified atom stereocenters. The van der Waals surface area contributed by atoms with Crippen LogP contribution in [0.4, 0.5) is 0 Å². The summed E-state index contributed by atoms with van der Waals surface area (Å²) in [6.45, 7) is 1.22. The molecule has 2 N–H and O–H groups in total. The van der Waals surface area contributed by atoms with Gasteiger partial charge in [-0.3, -0.25) is 10.0 Å². The van der Waals surface area contributed by atoms with Crippen LogP contribution in [0.1, 0.15) is 6.92 Å². The van der Waals surface area contributed by atoms with Gasteiger partial charge in [-0.05, 0) is 12.1 Å². The smallest absolute Gasteiger partial charge is 0.240 e. The molecular formula is C14H13NO3. The number of benzene rings is 2. The Morgan fingerprint density at radius 3 is 1.78 bits per heavy atom. The van der Waals surface area contributed by atoms with Crippen LogP contribution < -0.4 is 5.48 Å². The summed E-state index contributed by atoms with van der Waals surface area (Å²) < 4.78 is 5.65. The summed E-state index contributed by atoms with van der Waals surface area (Å²) in [5.41, 5.74) is 3.31. The summed E-state index contributed by atoms with van der Waals surface area (Å²) in [6, 6.07) is 16.2. The molecule has 18 heavy (non-hydrogen) atoms. The summed E-state index contributed by atoms with van der Waals surface area (Å²) in [5.74, 6) is -0.440. The van der Waals surface area contributed by atoms with E-state index in [-0.39, 0.29) is 0 Å². The fourth-order valence-corrected chi connectivity index (χ4v) is 1.67. The SMILES string of the molecule is CC(=O)NO.c1ccc2c(c1)oc1ccccc12. The van der Waals surface area contributed by atoms with Crippen LogP contribution in [0.3, 0.4) is 0 Å². The third-order valence-corrected chi connectivity index (χ3v) is 2.44. The lowest BCUT2D eigenvalue weighted by Crippen LogP contribution is -2.12. The molecule has 1 aromatic heterocycles. The van der Waals surface area contributed by atoms with Crippen LogP contribution in [0.5, 0.6) is 0 Å². The molecule has 0 spiro atoms. The molecule has 2 aromatic carbocycles. The number of nitrogens with one attached hydrogen (secondary N) is 1. The van der Waals surface area contributed by atoms with Crippen LogP contribution in [-0.4, -0.2) is 11.1 Å². The molecule has 0 aliphatic rings. The first-order chi connectivity index (χ1) is 8.72. The Morgan fingerprint density at radius 1 is 1.00 bits per heavy atom. The number of fused-ring (bicyclic) bond motifs is 3. The molecule has 1 heterocycles. The number of amides is 1. The van der Waals surface area contributed by atoms with Crippen LogP contribution in [0.25, 0.3) is 21.9 Å². The molecule has 4 nitrogen and oxygen atoms in total. The van der Waals surface area contributed by atoms with Crippen LogP contribution in [0, 0.1) is 0 Å². The molecule has 0 saturated heterocycles. The Kier molecular flexibility index (Phi) is 3.60. The minimum atomic E-state index is -0.440. The van der Waals surface area contributed by atoms with E-state index in [4.69, 9.17) is 9.62 Å². The molecule has 0 saturated carbocycles. The number of carbonyl (C=O) groups excluding carboxylic acids is 1. The van der Waals surface area contributed by atoms with Gasteiger partial charge in [-0.25, -0.2) is 5.48 Å². The van der Waals surface area contributed by atoms with E-state index >= 15 is 0 Å². The molecule has 92 valence electrons. The summed E-state index contributed by atoms with van der Waals surface area (Å²) in [5, 5.41) is 9.93. The van der Waals surface area contributed by atoms with Gasteiger partial charge in [0.2, 0.25) is 5.91 Å². The van der Waals surface area contributed by atoms with E-state index in [2.05, 4.69) is 12.1 Å². The zero-order valence-electron chi connectivity index (χ0n) is 9.88. The summed E-state index contributed by atoms with van der Waals surface area (Å²) in [4.78, 5) is 9.45. The van der Waals surface area contributed by atoms with Gasteiger partial charge in [-0.15, -0.1) is 0 Å². The molecule has 1 amide bonds. The van der Waals surface area contributed by atoms with Gasteiger partial charge in [0.25, 0.3) is 0 Å². The van der Waals surface area contributed by atoms with Crippen molar-refractivity contribution >= 4 is 27.8 Å². The Labute approximate surface area is 104 Å². The van der Waals surface area contributed by atoms with Gasteiger partial charge in [0.15, 0.2) is 0 Å². The van der Waals surface area contributed by atoms with Gasteiger partial charge in [0.1, 0.15) is 11.2 Å². The molecule has 0 bridgehead atoms. The van der Waals surface area contributed by atoms with E-state index in [0.29, 0.717) is 0 Å². The standard InChI is InChI=1S/C12H8O.C2H5NO2/c1-3-7-11-9(5-1)10-6-2-4-8-12(10)13-11;1-2(4)3-5/h1-8H;5H,1H3,(H,3,4). The molecule has 0 aliphatic carbocycles. The van der Waals surface area contributed by atoms with Gasteiger partial charge < -0.3 is 4.42 Å². The fraction of sp³-hybridized carbons (Fsp3) is 0.0714. The second-order valence-electron chi connectivity index (χ2n) is 3.76. The van der Waals surface area contributed by atoms with Crippen molar-refractivity contribution in [2.45, 2.75) is 6.92 Å². The van der Waals surface area contributed by atoms with E-state index in [1.807, 2.05) is 36.4 Å². The highest BCUT2D eigenvalue weighted by molar-refractivity contribution is 6.04. The summed E-state index contributed by atoms with van der Waals surface area (Å²) in [6.07, 6.45) is 0. The third kappa shape index (κ3) is 2.49. The fourth-order valence-electron chi connectivity index (χ4n) is 1.67. The summed E-state index contributed by atoms with van der Waals surface area (Å²) in [7, 11) is 0. The molecule has 0 fully saturated rings. The maximum Gasteiger partial charge on any atom is 0.240 e. The average molecular weight is 243 g/mol. The molecule has 3 aromatic rings. The second kappa shape index (κ2) is 5.33. The number of carbonyl (C=O) groups is 1. The largest absolute Gasteiger partial charge is 0.456 e. The van der Waals surface area contributed by atoms with Crippen molar-refractivity contribution in [2.75, 3.05) is 0 Å². The number of para-hydroxylation sites is 2. The van der Waals surface area contributed by atoms with Crippen LogP contribution >= 0.6 is 0 Å². The average Bonchev–Trinajstić information content (AvgIpc) is 2.78. The lowest BCUT2D eigenvalue weighted by molar-refractivity contribution is -0.126. The van der Waals surface area contributed by atoms with Gasteiger partial charge >= 0.3 is 0 Å². The Balaban J connectivity index is 0.000000209. The van der Waals surface area contributed by atoms with Crippen molar-refractivity contribution in [3.05, 3.63) is 48.5 Å². The second-order valence-corrected chi connectivity index (χ2v) is 3.76. The van der Waals surface area contributed by atoms with Crippen molar-refractivity contribution in [3.63, 3.8) is 0 Å². The zero-order valence-corrected chi connectivity index (χ0v) is 9.88. The Bertz CT molecular complexity index is 622. The van der Waals surface area contributed by atoms with Crippen molar-refractivity contribution in [3.8, 4) is 0 Å². The normalized spacial score (nSPS) is 9.89. The van der Waals surface area contributed by atoms with E-state index in [1.165, 1.54) is 23.2 Å². The van der Waals surface area contributed by atoms with Gasteiger partial charge in [-0.1, -0.05) is 36.4 Å². The van der Waals surface area contributed by atoms with E-state index in [9.17, 15) is 4.79 Å². The van der Waals surface area contributed by atoms with Gasteiger partial charge in [0, 0.05) is 17.7 Å². The Morgan fingerprint density at radius 2 is 1.39 bits per heavy atom. The lowest BCUT2D eigenvalue weighted by Gasteiger charge is -1.85. The molecule has 4 heteroatoms. The quantitative estimate of drug-likeness (QED) is 0.471. The van der Waals surface area contributed by atoms with Gasteiger partial charge in [-0.2, -0.15) is 0 Å². The van der Waals surface area contributed by atoms with Crippen LogP contribution in [-0.2, 0) is 4.79 Å². The lowest BCUT2D eigenvalue weighted by atomic mass is 10.2. The first-order valence-electron chi connectivity index (χ1n) is 5.49. The van der Waals surface area contributed by atoms with Crippen molar-refractivity contribution in [2.24, 2.45) is 0 Å². The predicted octanol–water partition coefficient (Wildman–Crippen LogP) is 3.10. The highest BCUT2D eigenvalue weighted by Gasteiger charge is 2.03. The summed E-state index contributed by atoms with van der Waals surface area (Å²) >= 11 is 0. The van der Waals surface area contributed by atoms with Crippen molar-refractivity contribution in [1.82, 2.24) is 5.48 Å². The van der Waals surface area contributed by atoms with E-state index in [0.717, 1.165) is 11.2 Å². The van der Waals surface area contributed by atoms with Crippen LogP contribution in [0.15, 0.2) is 52.9 Å². The first kappa shape index (κ1) is 12.1. The minimum Gasteiger partial charge on any atom is -0.456 e. The van der Waals surface area contributed by atoms with E-state index in [1.54, 1.807) is 0 Å². The number of furan rings is 1. The third-order valence-electron chi connectivity index (χ3n) is 2.44. The number of hydroxylamine groups is 1. The van der Waals surface area contributed by atoms with Gasteiger partial charge in [0.05, 0.1) is 0 Å². The molecule has 0 radical (unpaired) electrons. The van der Waals surface area contributed by atoms with Crippen molar-refractivity contribution < 1.29 is 14.4 Å². The molecule has 3 rings (SSSR count). The molecule has 0 aliphatic heterocycles. The maximum atomic E-state index is 9.45. The molecular weight excluding hydrogens is 230 g/mol. The van der Waals surface area contributed by atoms with Crippen molar-refractivity contribution in [1.29, 1.82) is 0 Å². The maximum absolute atomic E-state index is 9.45. The zero-order chi connectivity index (χ0) is 13.0. The predicted molar refractivity (Wildman–Crippen MR) is 69.3 cm³/mol. The minimum absolute atomic E-state index is 0.440. The first-order valence-corrected chi connectivity index (χ1v) is 5.49. The highest BCUT2D eigenvalue weighted by atomic mass is 16.5. The monoisotopic (exact) mass is 243 g/mol. The van der Waals surface area contributed by atoms with E-state index < -0.39 is 5.91 Å².